The molecular weight excluding hydrogens is 466 g/mol. The number of carboxylic acids is 1. The average Bonchev–Trinajstić information content (AvgIpc) is 2.89. The van der Waals surface area contributed by atoms with Gasteiger partial charge in [-0.1, -0.05) is 56.7 Å². The van der Waals surface area contributed by atoms with Crippen molar-refractivity contribution in [2.45, 2.75) is 52.2 Å². The Hall–Kier alpha value is -3.84. The fourth-order valence-corrected chi connectivity index (χ4v) is 4.18. The first-order valence-electron chi connectivity index (χ1n) is 12.6. The van der Waals surface area contributed by atoms with Crippen molar-refractivity contribution in [2.75, 3.05) is 18.5 Å². The Morgan fingerprint density at radius 1 is 1.03 bits per heavy atom. The maximum Gasteiger partial charge on any atom is 0.333 e. The summed E-state index contributed by atoms with van der Waals surface area (Å²) in [6.45, 7) is 6.95. The van der Waals surface area contributed by atoms with E-state index in [1.165, 1.54) is 0 Å². The van der Waals surface area contributed by atoms with Gasteiger partial charge in [0.05, 0.1) is 13.2 Å². The molecule has 3 aromatic carbocycles. The third-order valence-corrected chi connectivity index (χ3v) is 6.30. The van der Waals surface area contributed by atoms with Crippen molar-refractivity contribution in [1.82, 2.24) is 0 Å². The molecule has 1 unspecified atom stereocenters. The van der Waals surface area contributed by atoms with Crippen LogP contribution in [0.4, 0.5) is 5.69 Å². The van der Waals surface area contributed by atoms with Crippen LogP contribution in [0.15, 0.2) is 66.7 Å². The number of amidine groups is 1. The highest BCUT2D eigenvalue weighted by Gasteiger charge is 2.39. The number of hydrogen-bond donors (Lipinski definition) is 4. The van der Waals surface area contributed by atoms with Crippen LogP contribution in [-0.4, -0.2) is 30.1 Å². The van der Waals surface area contributed by atoms with Crippen LogP contribution < -0.4 is 15.8 Å². The second-order valence-corrected chi connectivity index (χ2v) is 9.17. The van der Waals surface area contributed by atoms with Gasteiger partial charge in [-0.3, -0.25) is 5.41 Å². The molecule has 0 fully saturated rings. The molecule has 0 aliphatic heterocycles. The van der Waals surface area contributed by atoms with Crippen molar-refractivity contribution in [3.05, 3.63) is 94.5 Å². The first-order chi connectivity index (χ1) is 17.8. The summed E-state index contributed by atoms with van der Waals surface area (Å²) in [5.41, 5.74) is 8.97. The van der Waals surface area contributed by atoms with Crippen LogP contribution in [0.3, 0.4) is 0 Å². The Bertz CT molecular complexity index is 1200. The molecule has 0 saturated carbocycles. The lowest BCUT2D eigenvalue weighted by Gasteiger charge is -2.31. The van der Waals surface area contributed by atoms with Crippen LogP contribution in [0.1, 0.15) is 55.0 Å². The number of benzene rings is 3. The Balaban J connectivity index is 1.91. The predicted octanol–water partition coefficient (Wildman–Crippen LogP) is 5.49. The second-order valence-electron chi connectivity index (χ2n) is 9.17. The minimum atomic E-state index is -1.47. The molecule has 0 saturated heterocycles. The van der Waals surface area contributed by atoms with E-state index in [0.717, 1.165) is 36.0 Å². The summed E-state index contributed by atoms with van der Waals surface area (Å²) in [4.78, 5) is 12.8. The summed E-state index contributed by atoms with van der Waals surface area (Å²) in [5.74, 6) is -0.485. The zero-order chi connectivity index (χ0) is 26.8. The summed E-state index contributed by atoms with van der Waals surface area (Å²) in [5, 5.41) is 21.2. The smallest absolute Gasteiger partial charge is 0.333 e. The Labute approximate surface area is 219 Å². The van der Waals surface area contributed by atoms with Crippen LogP contribution in [0.25, 0.3) is 0 Å². The summed E-state index contributed by atoms with van der Waals surface area (Å²) < 4.78 is 12.1. The van der Waals surface area contributed by atoms with E-state index in [1.54, 1.807) is 31.2 Å². The van der Waals surface area contributed by atoms with Gasteiger partial charge in [-0.05, 0) is 66.8 Å². The molecule has 0 bridgehead atoms. The minimum absolute atomic E-state index is 0.0439. The van der Waals surface area contributed by atoms with E-state index in [1.807, 2.05) is 36.4 Å². The van der Waals surface area contributed by atoms with E-state index in [9.17, 15) is 9.90 Å². The van der Waals surface area contributed by atoms with Gasteiger partial charge in [-0.15, -0.1) is 0 Å². The van der Waals surface area contributed by atoms with Crippen molar-refractivity contribution in [3.63, 3.8) is 0 Å². The Morgan fingerprint density at radius 2 is 1.73 bits per heavy atom. The zero-order valence-corrected chi connectivity index (χ0v) is 21.8. The summed E-state index contributed by atoms with van der Waals surface area (Å²) in [6, 6.07) is 20.8. The average molecular weight is 504 g/mol. The molecule has 0 aromatic heterocycles. The highest BCUT2D eigenvalue weighted by atomic mass is 16.5. The SMILES string of the molecule is CCCc1cc(CC)cc(C(C)(Nc2ccc(C(=N)N)cc2)C(=O)O)c1OCCOCc1ccccc1. The van der Waals surface area contributed by atoms with Crippen LogP contribution >= 0.6 is 0 Å². The van der Waals surface area contributed by atoms with Crippen molar-refractivity contribution < 1.29 is 19.4 Å². The molecule has 3 aromatic rings. The van der Waals surface area contributed by atoms with Crippen molar-refractivity contribution in [3.8, 4) is 5.75 Å². The first-order valence-corrected chi connectivity index (χ1v) is 12.6. The normalized spacial score (nSPS) is 12.5. The van der Waals surface area contributed by atoms with E-state index < -0.39 is 11.5 Å². The topological polar surface area (TPSA) is 118 Å². The van der Waals surface area contributed by atoms with E-state index in [4.69, 9.17) is 20.6 Å². The molecule has 0 aliphatic carbocycles. The fraction of sp³-hybridized carbons (Fsp3) is 0.333. The number of nitrogens with one attached hydrogen (secondary N) is 2. The number of hydrogen-bond acceptors (Lipinski definition) is 5. The first kappa shape index (κ1) is 27.7. The van der Waals surface area contributed by atoms with Gasteiger partial charge in [-0.25, -0.2) is 4.79 Å². The van der Waals surface area contributed by atoms with E-state index in [-0.39, 0.29) is 5.84 Å². The molecule has 196 valence electrons. The maximum atomic E-state index is 12.8. The largest absolute Gasteiger partial charge is 0.491 e. The van der Waals surface area contributed by atoms with E-state index >= 15 is 0 Å². The molecule has 7 heteroatoms. The fourth-order valence-electron chi connectivity index (χ4n) is 4.18. The molecular formula is C30H37N3O4. The second kappa shape index (κ2) is 12.9. The molecule has 0 spiro atoms. The quantitative estimate of drug-likeness (QED) is 0.131. The molecule has 5 N–H and O–H groups in total. The molecule has 37 heavy (non-hydrogen) atoms. The summed E-state index contributed by atoms with van der Waals surface area (Å²) in [6.07, 6.45) is 2.44. The molecule has 1 atom stereocenters. The van der Waals surface area contributed by atoms with Gasteiger partial charge in [-0.2, -0.15) is 0 Å². The van der Waals surface area contributed by atoms with Gasteiger partial charge in [0, 0.05) is 16.8 Å². The lowest BCUT2D eigenvalue weighted by atomic mass is 9.86. The lowest BCUT2D eigenvalue weighted by molar-refractivity contribution is -0.142. The standard InChI is InChI=1S/C30H37N3O4/c1-4-9-24-18-21(5-2)19-26(27(24)37-17-16-36-20-22-10-7-6-8-11-22)30(3,29(34)35)33-25-14-12-23(13-15-25)28(31)32/h6-8,10-15,18-19,33H,4-5,9,16-17,20H2,1-3H3,(H3,31,32)(H,34,35). The number of rotatable bonds is 14. The van der Waals surface area contributed by atoms with Crippen molar-refractivity contribution in [2.24, 2.45) is 5.73 Å². The molecule has 0 aliphatic rings. The number of nitrogen functional groups attached to an aromatic ring is 1. The zero-order valence-electron chi connectivity index (χ0n) is 21.8. The highest BCUT2D eigenvalue weighted by molar-refractivity contribution is 5.95. The van der Waals surface area contributed by atoms with Crippen molar-refractivity contribution in [1.29, 1.82) is 5.41 Å². The minimum Gasteiger partial charge on any atom is -0.491 e. The number of ether oxygens (including phenoxy) is 2. The lowest BCUT2D eigenvalue weighted by Crippen LogP contribution is -2.41. The van der Waals surface area contributed by atoms with E-state index in [2.05, 4.69) is 25.2 Å². The highest BCUT2D eigenvalue weighted by Crippen LogP contribution is 2.38. The molecule has 7 nitrogen and oxygen atoms in total. The number of anilines is 1. The predicted molar refractivity (Wildman–Crippen MR) is 147 cm³/mol. The Kier molecular flexibility index (Phi) is 9.69. The summed E-state index contributed by atoms with van der Waals surface area (Å²) in [7, 11) is 0. The number of nitrogens with two attached hydrogens (primary N) is 1. The third-order valence-electron chi connectivity index (χ3n) is 6.30. The number of aliphatic carboxylic acids is 1. The van der Waals surface area contributed by atoms with E-state index in [0.29, 0.717) is 42.4 Å². The van der Waals surface area contributed by atoms with Crippen LogP contribution in [-0.2, 0) is 34.5 Å². The van der Waals surface area contributed by atoms with Gasteiger partial charge >= 0.3 is 5.97 Å². The van der Waals surface area contributed by atoms with Gasteiger partial charge in [0.15, 0.2) is 5.54 Å². The van der Waals surface area contributed by atoms with Gasteiger partial charge in [0.25, 0.3) is 0 Å². The molecule has 0 radical (unpaired) electrons. The monoisotopic (exact) mass is 503 g/mol. The third kappa shape index (κ3) is 7.11. The van der Waals surface area contributed by atoms with Crippen LogP contribution in [0.2, 0.25) is 0 Å². The van der Waals surface area contributed by atoms with Gasteiger partial charge < -0.3 is 25.6 Å². The number of carbonyl (C=O) groups is 1. The maximum absolute atomic E-state index is 12.8. The van der Waals surface area contributed by atoms with Crippen LogP contribution in [0, 0.1) is 5.41 Å². The van der Waals surface area contributed by atoms with Crippen LogP contribution in [0.5, 0.6) is 5.75 Å². The Morgan fingerprint density at radius 3 is 2.32 bits per heavy atom. The van der Waals surface area contributed by atoms with Gasteiger partial charge in [0.2, 0.25) is 0 Å². The summed E-state index contributed by atoms with van der Waals surface area (Å²) >= 11 is 0. The number of aryl methyl sites for hydroxylation is 2. The molecule has 0 heterocycles. The molecule has 0 amide bonds. The van der Waals surface area contributed by atoms with Crippen molar-refractivity contribution >= 4 is 17.5 Å². The van der Waals surface area contributed by atoms with Gasteiger partial charge in [0.1, 0.15) is 18.2 Å². The number of carboxylic acid groups (broad SMARTS) is 1. The molecule has 3 rings (SSSR count).